The summed E-state index contributed by atoms with van der Waals surface area (Å²) < 4.78 is 21.3. The maximum atomic E-state index is 13.6. The monoisotopic (exact) mass is 504 g/mol. The quantitative estimate of drug-likeness (QED) is 0.358. The molecule has 1 aliphatic rings. The third kappa shape index (κ3) is 5.62. The molecule has 0 spiro atoms. The van der Waals surface area contributed by atoms with Crippen LogP contribution in [0.5, 0.6) is 0 Å². The number of nitrogens with zero attached hydrogens (tertiary/aromatic N) is 5. The highest BCUT2D eigenvalue weighted by Crippen LogP contribution is 2.28. The minimum Gasteiger partial charge on any atom is -0.376 e. The Labute approximate surface area is 215 Å². The van der Waals surface area contributed by atoms with Gasteiger partial charge in [-0.2, -0.15) is 0 Å². The number of hydrogen-bond acceptors (Lipinski definition) is 6. The summed E-state index contributed by atoms with van der Waals surface area (Å²) in [5.41, 5.74) is 4.63. The third-order valence-electron chi connectivity index (χ3n) is 7.29. The molecule has 1 fully saturated rings. The van der Waals surface area contributed by atoms with Gasteiger partial charge in [-0.3, -0.25) is 9.69 Å². The Hall–Kier alpha value is -3.43. The highest BCUT2D eigenvalue weighted by Gasteiger charge is 2.28. The van der Waals surface area contributed by atoms with Crippen LogP contribution in [0.4, 0.5) is 4.39 Å². The Morgan fingerprint density at radius 2 is 1.95 bits per heavy atom. The molecule has 194 valence electrons. The van der Waals surface area contributed by atoms with Crippen molar-refractivity contribution in [3.63, 3.8) is 0 Å². The number of aryl methyl sites for hydroxylation is 2. The SMILES string of the molecule is CC[C@H](c1nnnn1C[C@@H]1CCCO1)N(Cc1ccc(F)cc1)Cc1cc2cc(C)c(C)cc2[nH]c1=O. The Morgan fingerprint density at radius 1 is 1.16 bits per heavy atom. The van der Waals surface area contributed by atoms with E-state index < -0.39 is 0 Å². The number of ether oxygens (including phenoxy) is 1. The molecule has 9 heteroatoms. The lowest BCUT2D eigenvalue weighted by atomic mass is 10.0. The molecule has 4 aromatic rings. The maximum absolute atomic E-state index is 13.6. The molecule has 0 saturated carbocycles. The van der Waals surface area contributed by atoms with Crippen molar-refractivity contribution in [2.45, 2.75) is 71.8 Å². The van der Waals surface area contributed by atoms with Crippen LogP contribution < -0.4 is 5.56 Å². The molecule has 0 radical (unpaired) electrons. The smallest absolute Gasteiger partial charge is 0.252 e. The first-order chi connectivity index (χ1) is 17.9. The highest BCUT2D eigenvalue weighted by atomic mass is 19.1. The highest BCUT2D eigenvalue weighted by molar-refractivity contribution is 5.80. The van der Waals surface area contributed by atoms with E-state index >= 15 is 0 Å². The molecule has 5 rings (SSSR count). The van der Waals surface area contributed by atoms with Gasteiger partial charge in [-0.1, -0.05) is 19.1 Å². The summed E-state index contributed by atoms with van der Waals surface area (Å²) in [6.07, 6.45) is 2.86. The standard InChI is InChI=1S/C28H33FN6O2/c1-4-26(27-31-32-33-35(27)17-24-6-5-11-37-24)34(15-20-7-9-23(29)10-8-20)16-22-14-21-12-18(2)19(3)13-25(21)30-28(22)36/h7-10,12-14,24,26H,4-6,11,15-17H2,1-3H3,(H,30,36)/t24-,26+/m0/s1. The second-order valence-corrected chi connectivity index (χ2v) is 9.96. The van der Waals surface area contributed by atoms with Gasteiger partial charge in [-0.05, 0) is 95.9 Å². The number of hydrogen-bond donors (Lipinski definition) is 1. The van der Waals surface area contributed by atoms with Gasteiger partial charge in [0.05, 0.1) is 18.7 Å². The van der Waals surface area contributed by atoms with E-state index in [2.05, 4.69) is 45.3 Å². The summed E-state index contributed by atoms with van der Waals surface area (Å²) in [5, 5.41) is 13.6. The number of pyridine rings is 1. The zero-order chi connectivity index (χ0) is 25.9. The predicted molar refractivity (Wildman–Crippen MR) is 140 cm³/mol. The number of tetrazole rings is 1. The Balaban J connectivity index is 1.51. The average molecular weight is 505 g/mol. The van der Waals surface area contributed by atoms with Crippen LogP contribution in [0.1, 0.15) is 60.3 Å². The van der Waals surface area contributed by atoms with E-state index in [9.17, 15) is 9.18 Å². The van der Waals surface area contributed by atoms with Gasteiger partial charge >= 0.3 is 0 Å². The zero-order valence-electron chi connectivity index (χ0n) is 21.6. The first kappa shape index (κ1) is 25.2. The van der Waals surface area contributed by atoms with Crippen LogP contribution in [0.15, 0.2) is 47.3 Å². The van der Waals surface area contributed by atoms with Gasteiger partial charge in [0.2, 0.25) is 0 Å². The Bertz CT molecular complexity index is 1430. The van der Waals surface area contributed by atoms with Crippen molar-refractivity contribution in [1.29, 1.82) is 0 Å². The molecule has 0 amide bonds. The fraction of sp³-hybridized carbons (Fsp3) is 0.429. The Morgan fingerprint density at radius 3 is 2.68 bits per heavy atom. The van der Waals surface area contributed by atoms with Crippen LogP contribution in [0.2, 0.25) is 0 Å². The van der Waals surface area contributed by atoms with Crippen LogP contribution in [0.25, 0.3) is 10.9 Å². The Kier molecular flexibility index (Phi) is 7.43. The summed E-state index contributed by atoms with van der Waals surface area (Å²) in [6, 6.07) is 12.4. The molecule has 2 atom stereocenters. The average Bonchev–Trinajstić information content (AvgIpc) is 3.56. The molecule has 1 N–H and O–H groups in total. The van der Waals surface area contributed by atoms with Crippen LogP contribution in [0.3, 0.4) is 0 Å². The molecule has 0 aliphatic carbocycles. The van der Waals surface area contributed by atoms with Crippen molar-refractivity contribution < 1.29 is 9.13 Å². The first-order valence-electron chi connectivity index (χ1n) is 12.9. The van der Waals surface area contributed by atoms with E-state index in [1.165, 1.54) is 17.7 Å². The van der Waals surface area contributed by atoms with Gasteiger partial charge in [0.15, 0.2) is 5.82 Å². The molecule has 3 heterocycles. The van der Waals surface area contributed by atoms with Crippen molar-refractivity contribution in [1.82, 2.24) is 30.1 Å². The van der Waals surface area contributed by atoms with E-state index in [4.69, 9.17) is 4.74 Å². The summed E-state index contributed by atoms with van der Waals surface area (Å²) in [6.45, 7) is 8.46. The lowest BCUT2D eigenvalue weighted by Crippen LogP contribution is -2.33. The predicted octanol–water partition coefficient (Wildman–Crippen LogP) is 4.60. The zero-order valence-corrected chi connectivity index (χ0v) is 21.6. The van der Waals surface area contributed by atoms with E-state index in [1.807, 2.05) is 23.7 Å². The van der Waals surface area contributed by atoms with Gasteiger partial charge in [0, 0.05) is 30.8 Å². The van der Waals surface area contributed by atoms with E-state index in [0.29, 0.717) is 25.2 Å². The minimum atomic E-state index is -0.278. The fourth-order valence-electron chi connectivity index (χ4n) is 5.12. The van der Waals surface area contributed by atoms with Crippen LogP contribution in [0, 0.1) is 19.7 Å². The molecule has 37 heavy (non-hydrogen) atoms. The summed E-state index contributed by atoms with van der Waals surface area (Å²) in [5.74, 6) is 0.461. The first-order valence-corrected chi connectivity index (χ1v) is 12.9. The molecule has 1 saturated heterocycles. The lowest BCUT2D eigenvalue weighted by molar-refractivity contribution is 0.0888. The summed E-state index contributed by atoms with van der Waals surface area (Å²) >= 11 is 0. The van der Waals surface area contributed by atoms with Crippen molar-refractivity contribution in [2.24, 2.45) is 0 Å². The molecule has 0 bridgehead atoms. The molecule has 2 aromatic carbocycles. The second-order valence-electron chi connectivity index (χ2n) is 9.96. The van der Waals surface area contributed by atoms with Gasteiger partial charge in [0.1, 0.15) is 5.82 Å². The summed E-state index contributed by atoms with van der Waals surface area (Å²) in [4.78, 5) is 18.4. The molecule has 2 aromatic heterocycles. The number of rotatable bonds is 9. The molecule has 1 aliphatic heterocycles. The minimum absolute atomic E-state index is 0.0975. The van der Waals surface area contributed by atoms with Gasteiger partial charge < -0.3 is 9.72 Å². The molecule has 0 unspecified atom stereocenters. The van der Waals surface area contributed by atoms with E-state index in [1.54, 1.807) is 12.1 Å². The number of aromatic amines is 1. The van der Waals surface area contributed by atoms with Crippen molar-refractivity contribution >= 4 is 10.9 Å². The van der Waals surface area contributed by atoms with Gasteiger partial charge in [0.25, 0.3) is 5.56 Å². The number of nitrogens with one attached hydrogen (secondary N) is 1. The van der Waals surface area contributed by atoms with Crippen molar-refractivity contribution in [3.8, 4) is 0 Å². The third-order valence-corrected chi connectivity index (χ3v) is 7.29. The number of H-pyrrole nitrogens is 1. The molecule has 8 nitrogen and oxygen atoms in total. The fourth-order valence-corrected chi connectivity index (χ4v) is 5.12. The molecular weight excluding hydrogens is 471 g/mol. The number of fused-ring (bicyclic) bond motifs is 1. The van der Waals surface area contributed by atoms with Crippen molar-refractivity contribution in [2.75, 3.05) is 6.61 Å². The number of halogens is 1. The molecular formula is C28H33FN6O2. The van der Waals surface area contributed by atoms with Crippen LogP contribution >= 0.6 is 0 Å². The number of benzene rings is 2. The lowest BCUT2D eigenvalue weighted by Gasteiger charge is -2.30. The normalized spacial score (nSPS) is 16.6. The van der Waals surface area contributed by atoms with Crippen LogP contribution in [-0.4, -0.2) is 42.8 Å². The summed E-state index contributed by atoms with van der Waals surface area (Å²) in [7, 11) is 0. The van der Waals surface area contributed by atoms with Gasteiger partial charge in [-0.15, -0.1) is 5.10 Å². The van der Waals surface area contributed by atoms with Crippen LogP contribution in [-0.2, 0) is 24.4 Å². The largest absolute Gasteiger partial charge is 0.376 e. The van der Waals surface area contributed by atoms with Crippen molar-refractivity contribution in [3.05, 3.63) is 86.7 Å². The van der Waals surface area contributed by atoms with E-state index in [-0.39, 0.29) is 23.5 Å². The number of aromatic nitrogens is 5. The van der Waals surface area contributed by atoms with E-state index in [0.717, 1.165) is 53.7 Å². The maximum Gasteiger partial charge on any atom is 0.252 e. The second kappa shape index (κ2) is 10.9. The topological polar surface area (TPSA) is 88.9 Å². The van der Waals surface area contributed by atoms with Gasteiger partial charge in [-0.25, -0.2) is 9.07 Å².